The monoisotopic (exact) mass is 392 g/mol. The lowest BCUT2D eigenvalue weighted by Crippen LogP contribution is -2.38. The van der Waals surface area contributed by atoms with E-state index < -0.39 is 28.0 Å². The van der Waals surface area contributed by atoms with Gasteiger partial charge in [0.15, 0.2) is 0 Å². The normalized spacial score (nSPS) is 15.8. The number of hydrogen-bond donors (Lipinski definition) is 2. The van der Waals surface area contributed by atoms with Crippen molar-refractivity contribution in [1.29, 1.82) is 0 Å². The number of thioether (sulfide) groups is 1. The summed E-state index contributed by atoms with van der Waals surface area (Å²) < 4.78 is 33.3. The number of anilines is 1. The topological polar surface area (TPSA) is 102 Å². The van der Waals surface area contributed by atoms with Crippen LogP contribution in [0.15, 0.2) is 53.4 Å². The van der Waals surface area contributed by atoms with Crippen molar-refractivity contribution in [2.75, 3.05) is 17.6 Å². The first-order chi connectivity index (χ1) is 12.4. The van der Waals surface area contributed by atoms with Crippen LogP contribution in [-0.4, -0.2) is 33.2 Å². The predicted molar refractivity (Wildman–Crippen MR) is 98.4 cm³/mol. The standard InChI is InChI=1S/C17H16N2O5S2/c1-24-17(21)11-6-8-12(9-7-11)18-26(22,23)19-16(20)14-10-25-15-5-3-2-4-13(14)15/h2-9,14,18H,10H2,1H3,(H,19,20). The van der Waals surface area contributed by atoms with E-state index in [1.165, 1.54) is 43.1 Å². The van der Waals surface area contributed by atoms with Gasteiger partial charge in [0.25, 0.3) is 0 Å². The number of fused-ring (bicyclic) bond motifs is 1. The van der Waals surface area contributed by atoms with Gasteiger partial charge in [-0.1, -0.05) is 18.2 Å². The van der Waals surface area contributed by atoms with E-state index in [2.05, 4.69) is 14.2 Å². The van der Waals surface area contributed by atoms with Crippen LogP contribution in [0.4, 0.5) is 5.69 Å². The Morgan fingerprint density at radius 3 is 2.50 bits per heavy atom. The summed E-state index contributed by atoms with van der Waals surface area (Å²) in [5.74, 6) is -1.13. The minimum absolute atomic E-state index is 0.221. The van der Waals surface area contributed by atoms with Crippen molar-refractivity contribution in [3.8, 4) is 0 Å². The number of carbonyl (C=O) groups excluding carboxylic acids is 2. The Morgan fingerprint density at radius 1 is 1.12 bits per heavy atom. The molecule has 0 spiro atoms. The van der Waals surface area contributed by atoms with Crippen LogP contribution in [0.2, 0.25) is 0 Å². The number of amides is 1. The molecule has 1 aliphatic heterocycles. The van der Waals surface area contributed by atoms with Gasteiger partial charge in [0.1, 0.15) is 0 Å². The van der Waals surface area contributed by atoms with E-state index in [9.17, 15) is 18.0 Å². The van der Waals surface area contributed by atoms with Crippen LogP contribution in [0.5, 0.6) is 0 Å². The summed E-state index contributed by atoms with van der Waals surface area (Å²) in [4.78, 5) is 24.8. The number of ether oxygens (including phenoxy) is 1. The summed E-state index contributed by atoms with van der Waals surface area (Å²) in [6.45, 7) is 0. The average molecular weight is 392 g/mol. The number of methoxy groups -OCH3 is 1. The molecule has 0 fully saturated rings. The first kappa shape index (κ1) is 18.3. The van der Waals surface area contributed by atoms with Gasteiger partial charge in [0.2, 0.25) is 5.91 Å². The van der Waals surface area contributed by atoms with Gasteiger partial charge < -0.3 is 4.74 Å². The number of rotatable bonds is 5. The molecule has 1 heterocycles. The molecule has 0 aromatic heterocycles. The van der Waals surface area contributed by atoms with Crippen molar-refractivity contribution < 1.29 is 22.7 Å². The van der Waals surface area contributed by atoms with Gasteiger partial charge in [-0.3, -0.25) is 9.52 Å². The van der Waals surface area contributed by atoms with E-state index >= 15 is 0 Å². The number of benzene rings is 2. The molecule has 3 rings (SSSR count). The van der Waals surface area contributed by atoms with Crippen molar-refractivity contribution in [2.24, 2.45) is 0 Å². The van der Waals surface area contributed by atoms with E-state index in [-0.39, 0.29) is 5.69 Å². The Morgan fingerprint density at radius 2 is 1.81 bits per heavy atom. The molecule has 9 heteroatoms. The molecular formula is C17H16N2O5S2. The first-order valence-electron chi connectivity index (χ1n) is 7.64. The third-order valence-corrected chi connectivity index (χ3v) is 5.97. The minimum atomic E-state index is -4.09. The fourth-order valence-corrected chi connectivity index (χ4v) is 4.69. The van der Waals surface area contributed by atoms with Crippen LogP contribution in [-0.2, 0) is 19.7 Å². The summed E-state index contributed by atoms with van der Waals surface area (Å²) >= 11 is 1.52. The van der Waals surface area contributed by atoms with Crippen molar-refractivity contribution in [1.82, 2.24) is 4.72 Å². The number of nitrogens with one attached hydrogen (secondary N) is 2. The minimum Gasteiger partial charge on any atom is -0.465 e. The summed E-state index contributed by atoms with van der Waals surface area (Å²) in [7, 11) is -2.83. The molecule has 1 aliphatic rings. The van der Waals surface area contributed by atoms with Crippen molar-refractivity contribution >= 4 is 39.5 Å². The van der Waals surface area contributed by atoms with Gasteiger partial charge in [0.05, 0.1) is 24.3 Å². The summed E-state index contributed by atoms with van der Waals surface area (Å²) in [6, 6.07) is 13.1. The molecular weight excluding hydrogens is 376 g/mol. The number of carbonyl (C=O) groups is 2. The molecule has 2 aromatic carbocycles. The quantitative estimate of drug-likeness (QED) is 0.756. The van der Waals surface area contributed by atoms with Crippen molar-refractivity contribution in [3.05, 3.63) is 59.7 Å². The second-order valence-corrected chi connectivity index (χ2v) is 8.02. The summed E-state index contributed by atoms with van der Waals surface area (Å²) in [6.07, 6.45) is 0. The molecule has 136 valence electrons. The first-order valence-corrected chi connectivity index (χ1v) is 10.1. The average Bonchev–Trinajstić information content (AvgIpc) is 3.05. The van der Waals surface area contributed by atoms with E-state index in [4.69, 9.17) is 0 Å². The highest BCUT2D eigenvalue weighted by Gasteiger charge is 2.31. The lowest BCUT2D eigenvalue weighted by atomic mass is 10.0. The van der Waals surface area contributed by atoms with E-state index in [1.807, 2.05) is 24.3 Å². The zero-order chi connectivity index (χ0) is 18.7. The van der Waals surface area contributed by atoms with E-state index in [0.29, 0.717) is 11.3 Å². The van der Waals surface area contributed by atoms with Gasteiger partial charge >= 0.3 is 16.2 Å². The molecule has 1 atom stereocenters. The Balaban J connectivity index is 1.68. The van der Waals surface area contributed by atoms with Crippen LogP contribution in [0.1, 0.15) is 21.8 Å². The van der Waals surface area contributed by atoms with Crippen LogP contribution in [0, 0.1) is 0 Å². The molecule has 0 aliphatic carbocycles. The third-order valence-electron chi connectivity index (χ3n) is 3.81. The Labute approximate surface area is 155 Å². The molecule has 0 saturated heterocycles. The van der Waals surface area contributed by atoms with Gasteiger partial charge in [0, 0.05) is 10.6 Å². The van der Waals surface area contributed by atoms with Gasteiger partial charge in [-0.05, 0) is 35.9 Å². The Bertz CT molecular complexity index is 942. The van der Waals surface area contributed by atoms with Gasteiger partial charge in [-0.25, -0.2) is 9.52 Å². The molecule has 2 aromatic rings. The van der Waals surface area contributed by atoms with Crippen LogP contribution < -0.4 is 9.44 Å². The number of hydrogen-bond acceptors (Lipinski definition) is 6. The lowest BCUT2D eigenvalue weighted by molar-refractivity contribution is -0.120. The summed E-state index contributed by atoms with van der Waals surface area (Å²) in [5, 5.41) is 0. The highest BCUT2D eigenvalue weighted by molar-refractivity contribution is 7.99. The number of esters is 1. The highest BCUT2D eigenvalue weighted by atomic mass is 32.2. The van der Waals surface area contributed by atoms with E-state index in [0.717, 1.165) is 10.5 Å². The maximum atomic E-state index is 12.4. The fourth-order valence-electron chi connectivity index (χ4n) is 2.56. The summed E-state index contributed by atoms with van der Waals surface area (Å²) in [5.41, 5.74) is 1.34. The molecule has 7 nitrogen and oxygen atoms in total. The van der Waals surface area contributed by atoms with Crippen molar-refractivity contribution in [3.63, 3.8) is 0 Å². The lowest BCUT2D eigenvalue weighted by Gasteiger charge is -2.13. The van der Waals surface area contributed by atoms with Gasteiger partial charge in [-0.15, -0.1) is 11.8 Å². The Kier molecular flexibility index (Phi) is 5.19. The zero-order valence-electron chi connectivity index (χ0n) is 13.8. The second kappa shape index (κ2) is 7.38. The van der Waals surface area contributed by atoms with Crippen LogP contribution in [0.3, 0.4) is 0 Å². The maximum Gasteiger partial charge on any atom is 0.337 e. The molecule has 0 radical (unpaired) electrons. The third kappa shape index (κ3) is 4.00. The van der Waals surface area contributed by atoms with Crippen molar-refractivity contribution in [2.45, 2.75) is 10.8 Å². The molecule has 0 saturated carbocycles. The second-order valence-electron chi connectivity index (χ2n) is 5.54. The molecule has 1 amide bonds. The fraction of sp³-hybridized carbons (Fsp3) is 0.176. The predicted octanol–water partition coefficient (Wildman–Crippen LogP) is 2.14. The van der Waals surface area contributed by atoms with Gasteiger partial charge in [-0.2, -0.15) is 8.42 Å². The highest BCUT2D eigenvalue weighted by Crippen LogP contribution is 2.39. The smallest absolute Gasteiger partial charge is 0.337 e. The molecule has 26 heavy (non-hydrogen) atoms. The Hall–Kier alpha value is -2.52. The molecule has 0 bridgehead atoms. The maximum absolute atomic E-state index is 12.4. The largest absolute Gasteiger partial charge is 0.465 e. The van der Waals surface area contributed by atoms with E-state index in [1.54, 1.807) is 0 Å². The van der Waals surface area contributed by atoms with Crippen LogP contribution in [0.25, 0.3) is 0 Å². The SMILES string of the molecule is COC(=O)c1ccc(NS(=O)(=O)NC(=O)C2CSc3ccccc32)cc1. The molecule has 1 unspecified atom stereocenters. The molecule has 2 N–H and O–H groups in total. The van der Waals surface area contributed by atoms with Crippen LogP contribution >= 0.6 is 11.8 Å². The zero-order valence-corrected chi connectivity index (χ0v) is 15.4.